The van der Waals surface area contributed by atoms with Gasteiger partial charge in [0.15, 0.2) is 0 Å². The van der Waals surface area contributed by atoms with E-state index >= 15 is 0 Å². The number of rotatable bonds is 11. The predicted octanol–water partition coefficient (Wildman–Crippen LogP) is 5.75. The third kappa shape index (κ3) is 8.19. The van der Waals surface area contributed by atoms with E-state index in [2.05, 4.69) is 38.1 Å². The Morgan fingerprint density at radius 1 is 0.707 bits per heavy atom. The minimum atomic E-state index is -1.02. The lowest BCUT2D eigenvalue weighted by molar-refractivity contribution is -0.938. The number of Topliss-reactive ketones (excluding diaryl/α,β-unsaturated/α-hetero) is 1. The Balaban J connectivity index is 0.000000520. The highest BCUT2D eigenvalue weighted by Crippen LogP contribution is 2.57. The number of ketones is 1. The molecule has 3 aliphatic heterocycles. The van der Waals surface area contributed by atoms with Gasteiger partial charge in [-0.25, -0.2) is 0 Å². The van der Waals surface area contributed by atoms with Gasteiger partial charge in [0.25, 0.3) is 0 Å². The van der Waals surface area contributed by atoms with E-state index in [-0.39, 0.29) is 45.2 Å². The third-order valence-corrected chi connectivity index (χ3v) is 9.38. The first-order valence-corrected chi connectivity index (χ1v) is 15.3. The van der Waals surface area contributed by atoms with Crippen molar-refractivity contribution >= 4 is 22.8 Å². The summed E-state index contributed by atoms with van der Waals surface area (Å²) < 4.78 is 0.856. The van der Waals surface area contributed by atoms with E-state index in [4.69, 9.17) is 0 Å². The highest BCUT2D eigenvalue weighted by molar-refractivity contribution is 8.93. The minimum absolute atomic E-state index is 0. The normalized spacial score (nSPS) is 21.0. The standard InChI is InChI=1S/C28H30NO2.C8H18.2BrH/c30-26(23-10-4-1-5-11-23)22-29-19-16-27(17-20-29,18-21-29)28(31,24-12-6-2-7-13-24)25-14-8-3-9-15-25;1-3-5-7-8-6-4-2;;/h1-15,31H,16-22H2;3-8H2,1-2H3;2*1H/q+1;;;/p-1. The molecule has 3 aliphatic rings. The van der Waals surface area contributed by atoms with E-state index in [1.54, 1.807) is 0 Å². The Kier molecular flexibility index (Phi) is 14.5. The van der Waals surface area contributed by atoms with Crippen molar-refractivity contribution in [2.24, 2.45) is 5.41 Å². The molecule has 5 heteroatoms. The molecular weight excluding hydrogens is 638 g/mol. The lowest BCUT2D eigenvalue weighted by atomic mass is 9.56. The molecule has 0 aromatic heterocycles. The fraction of sp³-hybridized carbons (Fsp3) is 0.472. The second-order valence-electron chi connectivity index (χ2n) is 11.8. The first-order valence-electron chi connectivity index (χ1n) is 15.3. The first kappa shape index (κ1) is 35.4. The van der Waals surface area contributed by atoms with Crippen LogP contribution in [0, 0.1) is 5.41 Å². The molecule has 0 atom stereocenters. The zero-order valence-corrected chi connectivity index (χ0v) is 28.2. The number of unbranched alkanes of at least 4 members (excludes halogenated alkanes) is 5. The van der Waals surface area contributed by atoms with Crippen LogP contribution >= 0.6 is 17.0 Å². The molecule has 0 aliphatic carbocycles. The summed E-state index contributed by atoms with van der Waals surface area (Å²) in [6.45, 7) is 7.91. The number of nitrogens with zero attached hydrogens (tertiary/aromatic N) is 1. The molecule has 3 nitrogen and oxygen atoms in total. The topological polar surface area (TPSA) is 37.3 Å². The van der Waals surface area contributed by atoms with Gasteiger partial charge in [0.2, 0.25) is 5.78 Å². The van der Waals surface area contributed by atoms with Crippen LogP contribution in [0.3, 0.4) is 0 Å². The van der Waals surface area contributed by atoms with Gasteiger partial charge >= 0.3 is 0 Å². The second kappa shape index (κ2) is 16.7. The molecular formula is C36H49Br2NO2. The van der Waals surface area contributed by atoms with Crippen LogP contribution in [0.25, 0.3) is 0 Å². The van der Waals surface area contributed by atoms with E-state index in [1.165, 1.54) is 38.5 Å². The van der Waals surface area contributed by atoms with E-state index in [0.717, 1.165) is 60.1 Å². The van der Waals surface area contributed by atoms with Gasteiger partial charge in [-0.05, 0) is 11.1 Å². The average Bonchev–Trinajstić information content (AvgIpc) is 3.01. The van der Waals surface area contributed by atoms with Gasteiger partial charge < -0.3 is 26.6 Å². The van der Waals surface area contributed by atoms with Gasteiger partial charge in [-0.1, -0.05) is 143 Å². The Hall–Kier alpha value is -1.79. The summed E-state index contributed by atoms with van der Waals surface area (Å²) >= 11 is 0. The van der Waals surface area contributed by atoms with Crippen molar-refractivity contribution in [1.82, 2.24) is 0 Å². The molecule has 2 bridgehead atoms. The largest absolute Gasteiger partial charge is 1.00 e. The molecule has 3 aromatic carbocycles. The van der Waals surface area contributed by atoms with Crippen LogP contribution in [0.5, 0.6) is 0 Å². The maximum Gasteiger partial charge on any atom is 0.216 e. The fourth-order valence-corrected chi connectivity index (χ4v) is 6.86. The van der Waals surface area contributed by atoms with Crippen LogP contribution in [0.4, 0.5) is 0 Å². The summed E-state index contributed by atoms with van der Waals surface area (Å²) in [4.78, 5) is 12.9. The molecule has 0 amide bonds. The van der Waals surface area contributed by atoms with Crippen molar-refractivity contribution in [3.05, 3.63) is 108 Å². The maximum absolute atomic E-state index is 12.9. The smallest absolute Gasteiger partial charge is 0.216 e. The van der Waals surface area contributed by atoms with E-state index in [0.29, 0.717) is 6.54 Å². The third-order valence-electron chi connectivity index (χ3n) is 9.38. The number of hydrogen-bond donors (Lipinski definition) is 1. The SMILES string of the molecule is Br.CCCCCCCC.O=C(C[N+]12CCC(C(O)(c3ccccc3)c3ccccc3)(CC1)CC2)c1ccccc1.[Br-]. The number of aliphatic hydroxyl groups is 1. The first-order chi connectivity index (χ1) is 19.0. The summed E-state index contributed by atoms with van der Waals surface area (Å²) in [6, 6.07) is 30.0. The number of halogens is 2. The monoisotopic (exact) mass is 685 g/mol. The molecule has 41 heavy (non-hydrogen) atoms. The van der Waals surface area contributed by atoms with Gasteiger partial charge in [-0.2, -0.15) is 0 Å². The van der Waals surface area contributed by atoms with Crippen LogP contribution in [0.2, 0.25) is 0 Å². The summed E-state index contributed by atoms with van der Waals surface area (Å²) in [5, 5.41) is 12.4. The van der Waals surface area contributed by atoms with Crippen molar-refractivity contribution in [2.75, 3.05) is 26.2 Å². The van der Waals surface area contributed by atoms with Gasteiger partial charge in [0.1, 0.15) is 12.1 Å². The van der Waals surface area contributed by atoms with Crippen molar-refractivity contribution in [3.8, 4) is 0 Å². The van der Waals surface area contributed by atoms with Crippen LogP contribution in [0.15, 0.2) is 91.0 Å². The predicted molar refractivity (Wildman–Crippen MR) is 172 cm³/mol. The molecule has 0 spiro atoms. The summed E-state index contributed by atoms with van der Waals surface area (Å²) in [5.41, 5.74) is 1.54. The summed E-state index contributed by atoms with van der Waals surface area (Å²) in [6.07, 6.45) is 11.3. The second-order valence-corrected chi connectivity index (χ2v) is 11.8. The lowest BCUT2D eigenvalue weighted by Gasteiger charge is -2.59. The average molecular weight is 688 g/mol. The van der Waals surface area contributed by atoms with Crippen molar-refractivity contribution in [3.63, 3.8) is 0 Å². The number of carbonyl (C=O) groups excluding carboxylic acids is 1. The number of quaternary nitrogens is 1. The molecule has 3 aromatic rings. The van der Waals surface area contributed by atoms with Crippen LogP contribution < -0.4 is 17.0 Å². The van der Waals surface area contributed by atoms with Gasteiger partial charge in [-0.3, -0.25) is 4.79 Å². The molecule has 6 rings (SSSR count). The molecule has 0 unspecified atom stereocenters. The number of fused-ring (bicyclic) bond motifs is 3. The van der Waals surface area contributed by atoms with Crippen molar-refractivity contribution in [1.29, 1.82) is 0 Å². The summed E-state index contributed by atoms with van der Waals surface area (Å²) in [7, 11) is 0. The Morgan fingerprint density at radius 3 is 1.49 bits per heavy atom. The van der Waals surface area contributed by atoms with Crippen molar-refractivity contribution in [2.45, 2.75) is 77.2 Å². The highest BCUT2D eigenvalue weighted by Gasteiger charge is 2.60. The molecule has 3 saturated heterocycles. The zero-order valence-electron chi connectivity index (χ0n) is 24.9. The fourth-order valence-electron chi connectivity index (χ4n) is 6.86. The molecule has 224 valence electrons. The molecule has 0 radical (unpaired) electrons. The highest BCUT2D eigenvalue weighted by atomic mass is 79.9. The zero-order chi connectivity index (χ0) is 27.6. The van der Waals surface area contributed by atoms with Crippen LogP contribution in [0.1, 0.15) is 93.1 Å². The Morgan fingerprint density at radius 2 is 1.10 bits per heavy atom. The van der Waals surface area contributed by atoms with Crippen LogP contribution in [-0.2, 0) is 5.60 Å². The number of hydrogen-bond acceptors (Lipinski definition) is 2. The van der Waals surface area contributed by atoms with E-state index < -0.39 is 5.60 Å². The quantitative estimate of drug-likeness (QED) is 0.158. The Bertz CT molecular complexity index is 1080. The van der Waals surface area contributed by atoms with Crippen LogP contribution in [-0.4, -0.2) is 41.6 Å². The lowest BCUT2D eigenvalue weighted by Crippen LogP contribution is -3.00. The number of piperidine rings is 3. The number of carbonyl (C=O) groups is 1. The Labute approximate surface area is 269 Å². The molecule has 3 heterocycles. The number of benzene rings is 3. The van der Waals surface area contributed by atoms with Gasteiger partial charge in [-0.15, -0.1) is 17.0 Å². The molecule has 1 N–H and O–H groups in total. The molecule has 0 saturated carbocycles. The molecule has 3 fully saturated rings. The van der Waals surface area contributed by atoms with Gasteiger partial charge in [0.05, 0.1) is 19.6 Å². The van der Waals surface area contributed by atoms with Gasteiger partial charge in [0, 0.05) is 30.2 Å². The van der Waals surface area contributed by atoms with E-state index in [9.17, 15) is 9.90 Å². The van der Waals surface area contributed by atoms with E-state index in [1.807, 2.05) is 66.7 Å². The van der Waals surface area contributed by atoms with Crippen molar-refractivity contribution < 1.29 is 31.4 Å². The summed E-state index contributed by atoms with van der Waals surface area (Å²) in [5.74, 6) is 0.233. The maximum atomic E-state index is 12.9. The minimum Gasteiger partial charge on any atom is -1.00 e.